The first kappa shape index (κ1) is 15.2. The molecule has 2 bridgehead atoms. The molecule has 3 aliphatic rings. The third-order valence-electron chi connectivity index (χ3n) is 5.16. The van der Waals surface area contributed by atoms with Gasteiger partial charge in [-0.05, 0) is 31.6 Å². The van der Waals surface area contributed by atoms with Gasteiger partial charge in [0.25, 0.3) is 6.43 Å². The van der Waals surface area contributed by atoms with Crippen molar-refractivity contribution in [3.05, 3.63) is 0 Å². The molecule has 0 aromatic heterocycles. The number of piperidine rings is 1. The summed E-state index contributed by atoms with van der Waals surface area (Å²) in [6.07, 6.45) is 3.10. The Hall–Kier alpha value is -0.750. The molecule has 0 aliphatic carbocycles. The zero-order valence-corrected chi connectivity index (χ0v) is 12.4. The molecule has 2 atom stereocenters. The highest BCUT2D eigenvalue weighted by Crippen LogP contribution is 2.33. The number of fused-ring (bicyclic) bond motifs is 2. The largest absolute Gasteiger partial charge is 0.340 e. The van der Waals surface area contributed by atoms with Gasteiger partial charge in [-0.1, -0.05) is 0 Å². The van der Waals surface area contributed by atoms with Gasteiger partial charge in [0.15, 0.2) is 0 Å². The predicted molar refractivity (Wildman–Crippen MR) is 76.3 cm³/mol. The number of halogens is 2. The lowest BCUT2D eigenvalue weighted by Gasteiger charge is -2.36. The molecule has 2 unspecified atom stereocenters. The Morgan fingerprint density at radius 1 is 1.10 bits per heavy atom. The van der Waals surface area contributed by atoms with Crippen LogP contribution in [0.2, 0.25) is 0 Å². The number of carbonyl (C=O) groups excluding carboxylic acids is 1. The van der Waals surface area contributed by atoms with Crippen LogP contribution < -0.4 is 5.32 Å². The molecule has 3 fully saturated rings. The highest BCUT2D eigenvalue weighted by Gasteiger charge is 2.35. The number of hydrogen-bond donors (Lipinski definition) is 1. The second-order valence-electron chi connectivity index (χ2n) is 6.75. The minimum atomic E-state index is -2.28. The van der Waals surface area contributed by atoms with E-state index in [1.54, 1.807) is 4.90 Å². The van der Waals surface area contributed by atoms with Crippen molar-refractivity contribution >= 4 is 5.91 Å². The summed E-state index contributed by atoms with van der Waals surface area (Å²) in [5.41, 5.74) is 0. The lowest BCUT2D eigenvalue weighted by Crippen LogP contribution is -2.50. The molecule has 3 aliphatic heterocycles. The van der Waals surface area contributed by atoms with E-state index in [0.29, 0.717) is 50.6 Å². The summed E-state index contributed by atoms with van der Waals surface area (Å²) in [6, 6.07) is 1.23. The first-order valence-corrected chi connectivity index (χ1v) is 8.14. The molecule has 1 amide bonds. The predicted octanol–water partition coefficient (Wildman–Crippen LogP) is 1.32. The molecule has 120 valence electrons. The van der Waals surface area contributed by atoms with E-state index >= 15 is 0 Å². The number of alkyl halides is 2. The zero-order chi connectivity index (χ0) is 14.8. The molecule has 0 radical (unpaired) electrons. The zero-order valence-electron chi connectivity index (χ0n) is 12.4. The van der Waals surface area contributed by atoms with Gasteiger partial charge in [-0.15, -0.1) is 0 Å². The molecule has 6 heteroatoms. The molecule has 0 spiro atoms. The van der Waals surface area contributed by atoms with E-state index in [2.05, 4.69) is 5.32 Å². The second-order valence-corrected chi connectivity index (χ2v) is 6.75. The SMILES string of the molecule is O=C(CC1CC2CCC(C1)N2)N1CCN(CC(F)F)CC1. The van der Waals surface area contributed by atoms with Crippen LogP contribution in [0.4, 0.5) is 8.78 Å². The van der Waals surface area contributed by atoms with Crippen LogP contribution in [0.15, 0.2) is 0 Å². The van der Waals surface area contributed by atoms with Crippen LogP contribution in [-0.4, -0.2) is 66.9 Å². The number of nitrogens with zero attached hydrogens (tertiary/aromatic N) is 2. The number of nitrogens with one attached hydrogen (secondary N) is 1. The number of amides is 1. The highest BCUT2D eigenvalue weighted by molar-refractivity contribution is 5.76. The number of hydrogen-bond acceptors (Lipinski definition) is 3. The van der Waals surface area contributed by atoms with E-state index in [4.69, 9.17) is 0 Å². The van der Waals surface area contributed by atoms with Gasteiger partial charge in [-0.3, -0.25) is 9.69 Å². The van der Waals surface area contributed by atoms with E-state index < -0.39 is 6.43 Å². The summed E-state index contributed by atoms with van der Waals surface area (Å²) in [5, 5.41) is 3.59. The van der Waals surface area contributed by atoms with Crippen molar-refractivity contribution in [1.29, 1.82) is 0 Å². The summed E-state index contributed by atoms with van der Waals surface area (Å²) in [6.45, 7) is 2.19. The monoisotopic (exact) mass is 301 g/mol. The molecular formula is C15H25F2N3O. The number of piperazine rings is 1. The topological polar surface area (TPSA) is 35.6 Å². The average molecular weight is 301 g/mol. The van der Waals surface area contributed by atoms with Crippen molar-refractivity contribution in [3.63, 3.8) is 0 Å². The van der Waals surface area contributed by atoms with E-state index in [1.165, 1.54) is 12.8 Å². The highest BCUT2D eigenvalue weighted by atomic mass is 19.3. The molecule has 1 N–H and O–H groups in total. The van der Waals surface area contributed by atoms with Gasteiger partial charge in [0, 0.05) is 44.7 Å². The Morgan fingerprint density at radius 3 is 2.29 bits per heavy atom. The van der Waals surface area contributed by atoms with Crippen LogP contribution in [0.3, 0.4) is 0 Å². The summed E-state index contributed by atoms with van der Waals surface area (Å²) < 4.78 is 24.7. The van der Waals surface area contributed by atoms with Crippen LogP contribution in [0.25, 0.3) is 0 Å². The number of rotatable bonds is 4. The average Bonchev–Trinajstić information content (AvgIpc) is 2.78. The molecule has 0 aromatic carbocycles. The van der Waals surface area contributed by atoms with Gasteiger partial charge >= 0.3 is 0 Å². The maximum Gasteiger partial charge on any atom is 0.251 e. The second kappa shape index (κ2) is 6.57. The van der Waals surface area contributed by atoms with Crippen LogP contribution in [0.5, 0.6) is 0 Å². The van der Waals surface area contributed by atoms with Gasteiger partial charge < -0.3 is 10.2 Å². The Labute approximate surface area is 124 Å². The fourth-order valence-corrected chi connectivity index (χ4v) is 4.09. The van der Waals surface area contributed by atoms with Crippen LogP contribution in [-0.2, 0) is 4.79 Å². The fraction of sp³-hybridized carbons (Fsp3) is 0.933. The van der Waals surface area contributed by atoms with E-state index in [-0.39, 0.29) is 12.5 Å². The lowest BCUT2D eigenvalue weighted by molar-refractivity contribution is -0.134. The Morgan fingerprint density at radius 2 is 1.71 bits per heavy atom. The molecule has 0 saturated carbocycles. The quantitative estimate of drug-likeness (QED) is 0.850. The van der Waals surface area contributed by atoms with Crippen LogP contribution in [0, 0.1) is 5.92 Å². The molecule has 3 saturated heterocycles. The van der Waals surface area contributed by atoms with E-state index in [9.17, 15) is 13.6 Å². The van der Waals surface area contributed by atoms with Gasteiger partial charge in [0.05, 0.1) is 6.54 Å². The summed E-state index contributed by atoms with van der Waals surface area (Å²) in [5.74, 6) is 0.730. The van der Waals surface area contributed by atoms with Crippen molar-refractivity contribution < 1.29 is 13.6 Å². The van der Waals surface area contributed by atoms with Crippen LogP contribution in [0.1, 0.15) is 32.1 Å². The van der Waals surface area contributed by atoms with Crippen molar-refractivity contribution in [2.75, 3.05) is 32.7 Å². The molecule has 0 aromatic rings. The Balaban J connectivity index is 1.42. The molecule has 3 rings (SSSR count). The van der Waals surface area contributed by atoms with E-state index in [1.807, 2.05) is 4.90 Å². The van der Waals surface area contributed by atoms with Gasteiger partial charge in [-0.25, -0.2) is 8.78 Å². The fourth-order valence-electron chi connectivity index (χ4n) is 4.09. The number of carbonyl (C=O) groups is 1. The molecule has 21 heavy (non-hydrogen) atoms. The molecule has 3 heterocycles. The standard InChI is InChI=1S/C15H25F2N3O/c16-14(17)10-19-3-5-20(6-4-19)15(21)9-11-7-12-1-2-13(8-11)18-12/h11-14,18H,1-10H2. The first-order valence-electron chi connectivity index (χ1n) is 8.14. The van der Waals surface area contributed by atoms with Crippen molar-refractivity contribution in [1.82, 2.24) is 15.1 Å². The maximum absolute atomic E-state index is 12.4. The molecular weight excluding hydrogens is 276 g/mol. The first-order chi connectivity index (χ1) is 10.1. The smallest absolute Gasteiger partial charge is 0.251 e. The third-order valence-corrected chi connectivity index (χ3v) is 5.16. The Bertz CT molecular complexity index is 360. The lowest BCUT2D eigenvalue weighted by atomic mass is 9.89. The minimum Gasteiger partial charge on any atom is -0.340 e. The Kier molecular flexibility index (Phi) is 4.74. The third kappa shape index (κ3) is 3.92. The van der Waals surface area contributed by atoms with Gasteiger partial charge in [-0.2, -0.15) is 0 Å². The van der Waals surface area contributed by atoms with E-state index in [0.717, 1.165) is 12.8 Å². The van der Waals surface area contributed by atoms with Crippen LogP contribution >= 0.6 is 0 Å². The molecule has 4 nitrogen and oxygen atoms in total. The summed E-state index contributed by atoms with van der Waals surface area (Å²) in [7, 11) is 0. The van der Waals surface area contributed by atoms with Crippen molar-refractivity contribution in [2.45, 2.75) is 50.6 Å². The minimum absolute atomic E-state index is 0.167. The van der Waals surface area contributed by atoms with Crippen molar-refractivity contribution in [3.8, 4) is 0 Å². The normalized spacial score (nSPS) is 33.7. The van der Waals surface area contributed by atoms with Gasteiger partial charge in [0.1, 0.15) is 0 Å². The maximum atomic E-state index is 12.4. The van der Waals surface area contributed by atoms with Gasteiger partial charge in [0.2, 0.25) is 5.91 Å². The summed E-state index contributed by atoms with van der Waals surface area (Å²) >= 11 is 0. The summed E-state index contributed by atoms with van der Waals surface area (Å²) in [4.78, 5) is 16.0. The van der Waals surface area contributed by atoms with Crippen molar-refractivity contribution in [2.24, 2.45) is 5.92 Å².